The van der Waals surface area contributed by atoms with Crippen molar-refractivity contribution >= 4 is 21.6 Å². The van der Waals surface area contributed by atoms with Gasteiger partial charge in [0, 0.05) is 29.9 Å². The molecule has 0 radical (unpaired) electrons. The molecule has 0 saturated carbocycles. The number of aryl methyl sites for hydroxylation is 1. The minimum atomic E-state index is 0.266. The maximum atomic E-state index is 9.18. The molecular weight excluding hydrogens is 302 g/mol. The number of nitrogens with zero attached hydrogens (tertiary/aromatic N) is 1. The zero-order chi connectivity index (χ0) is 14.0. The van der Waals surface area contributed by atoms with Crippen LogP contribution < -0.4 is 4.90 Å². The van der Waals surface area contributed by atoms with Gasteiger partial charge in [0.05, 0.1) is 0 Å². The van der Waals surface area contributed by atoms with Crippen molar-refractivity contribution in [3.63, 3.8) is 0 Å². The van der Waals surface area contributed by atoms with Crippen LogP contribution in [-0.2, 0) is 0 Å². The molecule has 1 fully saturated rings. The van der Waals surface area contributed by atoms with Crippen molar-refractivity contribution in [1.82, 2.24) is 0 Å². The van der Waals surface area contributed by atoms with E-state index in [-0.39, 0.29) is 5.41 Å². The van der Waals surface area contributed by atoms with Crippen LogP contribution in [0.25, 0.3) is 0 Å². The molecule has 1 aromatic carbocycles. The first-order valence-electron chi connectivity index (χ1n) is 7.06. The van der Waals surface area contributed by atoms with Gasteiger partial charge in [0.1, 0.15) is 0 Å². The summed E-state index contributed by atoms with van der Waals surface area (Å²) in [7, 11) is 0. The highest BCUT2D eigenvalue weighted by Crippen LogP contribution is 2.39. The van der Waals surface area contributed by atoms with Crippen molar-refractivity contribution in [3.05, 3.63) is 28.2 Å². The SMILES string of the molecule is Cc1cc(N2CCC(CCO)C(C)(C)C2)ccc1Br. The number of benzene rings is 1. The Morgan fingerprint density at radius 1 is 1.42 bits per heavy atom. The lowest BCUT2D eigenvalue weighted by Gasteiger charge is -2.45. The first kappa shape index (κ1) is 14.9. The second kappa shape index (κ2) is 5.84. The van der Waals surface area contributed by atoms with Crippen molar-refractivity contribution in [1.29, 1.82) is 0 Å². The molecule has 1 aromatic rings. The van der Waals surface area contributed by atoms with Gasteiger partial charge < -0.3 is 10.0 Å². The maximum absolute atomic E-state index is 9.18. The first-order valence-corrected chi connectivity index (χ1v) is 7.85. The van der Waals surface area contributed by atoms with Crippen molar-refractivity contribution in [3.8, 4) is 0 Å². The molecule has 2 nitrogen and oxygen atoms in total. The highest BCUT2D eigenvalue weighted by molar-refractivity contribution is 9.10. The number of aliphatic hydroxyl groups is 1. The molecule has 1 aliphatic rings. The second-order valence-corrected chi connectivity index (χ2v) is 7.20. The van der Waals surface area contributed by atoms with Gasteiger partial charge in [-0.15, -0.1) is 0 Å². The molecule has 106 valence electrons. The van der Waals surface area contributed by atoms with Crippen LogP contribution in [0.4, 0.5) is 5.69 Å². The molecule has 1 aliphatic heterocycles. The van der Waals surface area contributed by atoms with Crippen LogP contribution in [-0.4, -0.2) is 24.8 Å². The van der Waals surface area contributed by atoms with E-state index >= 15 is 0 Å². The summed E-state index contributed by atoms with van der Waals surface area (Å²) in [5, 5.41) is 9.18. The summed E-state index contributed by atoms with van der Waals surface area (Å²) in [4.78, 5) is 2.48. The van der Waals surface area contributed by atoms with Gasteiger partial charge in [0.2, 0.25) is 0 Å². The van der Waals surface area contributed by atoms with E-state index in [4.69, 9.17) is 0 Å². The summed E-state index contributed by atoms with van der Waals surface area (Å²) in [6, 6.07) is 6.59. The predicted molar refractivity (Wildman–Crippen MR) is 84.7 cm³/mol. The van der Waals surface area contributed by atoms with E-state index < -0.39 is 0 Å². The average Bonchev–Trinajstić information content (AvgIpc) is 2.35. The van der Waals surface area contributed by atoms with Gasteiger partial charge in [-0.25, -0.2) is 0 Å². The fourth-order valence-electron chi connectivity index (χ4n) is 3.14. The zero-order valence-electron chi connectivity index (χ0n) is 12.1. The molecule has 2 rings (SSSR count). The minimum absolute atomic E-state index is 0.266. The van der Waals surface area contributed by atoms with Crippen LogP contribution in [0.15, 0.2) is 22.7 Å². The Morgan fingerprint density at radius 3 is 2.74 bits per heavy atom. The third kappa shape index (κ3) is 3.32. The van der Waals surface area contributed by atoms with Gasteiger partial charge in [-0.2, -0.15) is 0 Å². The van der Waals surface area contributed by atoms with Crippen LogP contribution in [0.3, 0.4) is 0 Å². The Kier molecular flexibility index (Phi) is 4.57. The van der Waals surface area contributed by atoms with Crippen molar-refractivity contribution in [2.24, 2.45) is 11.3 Å². The Balaban J connectivity index is 2.13. The van der Waals surface area contributed by atoms with Crippen LogP contribution in [0, 0.1) is 18.3 Å². The maximum Gasteiger partial charge on any atom is 0.0433 e. The summed E-state index contributed by atoms with van der Waals surface area (Å²) in [6.07, 6.45) is 2.10. The van der Waals surface area contributed by atoms with Gasteiger partial charge in [0.15, 0.2) is 0 Å². The quantitative estimate of drug-likeness (QED) is 0.908. The number of piperidine rings is 1. The Morgan fingerprint density at radius 2 is 2.16 bits per heavy atom. The van der Waals surface area contributed by atoms with Gasteiger partial charge in [-0.05, 0) is 54.9 Å². The highest BCUT2D eigenvalue weighted by atomic mass is 79.9. The lowest BCUT2D eigenvalue weighted by Crippen LogP contribution is -2.46. The van der Waals surface area contributed by atoms with Gasteiger partial charge in [0.25, 0.3) is 0 Å². The third-order valence-electron chi connectivity index (χ3n) is 4.44. The highest BCUT2D eigenvalue weighted by Gasteiger charge is 2.35. The molecule has 0 amide bonds. The van der Waals surface area contributed by atoms with E-state index in [9.17, 15) is 5.11 Å². The molecule has 0 bridgehead atoms. The van der Waals surface area contributed by atoms with E-state index in [0.717, 1.165) is 19.5 Å². The summed E-state index contributed by atoms with van der Waals surface area (Å²) >= 11 is 3.56. The van der Waals surface area contributed by atoms with Crippen LogP contribution >= 0.6 is 15.9 Å². The summed E-state index contributed by atoms with van der Waals surface area (Å²) in [5.41, 5.74) is 2.87. The Bertz CT molecular complexity index is 444. The normalized spacial score (nSPS) is 22.6. The van der Waals surface area contributed by atoms with Crippen LogP contribution in [0.5, 0.6) is 0 Å². The fraction of sp³-hybridized carbons (Fsp3) is 0.625. The van der Waals surface area contributed by atoms with Gasteiger partial charge in [-0.3, -0.25) is 0 Å². The third-order valence-corrected chi connectivity index (χ3v) is 5.33. The number of hydrogen-bond donors (Lipinski definition) is 1. The molecule has 0 spiro atoms. The average molecular weight is 326 g/mol. The molecule has 19 heavy (non-hydrogen) atoms. The molecule has 1 saturated heterocycles. The number of aliphatic hydroxyl groups excluding tert-OH is 1. The topological polar surface area (TPSA) is 23.5 Å². The lowest BCUT2D eigenvalue weighted by molar-refractivity contribution is 0.134. The monoisotopic (exact) mass is 325 g/mol. The molecule has 0 aromatic heterocycles. The van der Waals surface area contributed by atoms with E-state index in [2.05, 4.69) is 59.8 Å². The number of anilines is 1. The number of rotatable bonds is 3. The van der Waals surface area contributed by atoms with Gasteiger partial charge >= 0.3 is 0 Å². The van der Waals surface area contributed by atoms with E-state index in [1.807, 2.05) is 0 Å². The molecule has 0 aliphatic carbocycles. The molecule has 1 unspecified atom stereocenters. The molecule has 3 heteroatoms. The lowest BCUT2D eigenvalue weighted by atomic mass is 9.72. The van der Waals surface area contributed by atoms with Crippen molar-refractivity contribution in [2.75, 3.05) is 24.6 Å². The Hall–Kier alpha value is -0.540. The smallest absolute Gasteiger partial charge is 0.0433 e. The van der Waals surface area contributed by atoms with Gasteiger partial charge in [-0.1, -0.05) is 29.8 Å². The predicted octanol–water partition coefficient (Wildman–Crippen LogP) is 3.99. The number of hydrogen-bond acceptors (Lipinski definition) is 2. The van der Waals surface area contributed by atoms with E-state index in [1.165, 1.54) is 22.1 Å². The first-order chi connectivity index (χ1) is 8.94. The zero-order valence-corrected chi connectivity index (χ0v) is 13.7. The Labute approximate surface area is 124 Å². The van der Waals surface area contributed by atoms with Crippen LogP contribution in [0.2, 0.25) is 0 Å². The molecule has 1 heterocycles. The molecular formula is C16H24BrNO. The van der Waals surface area contributed by atoms with Crippen molar-refractivity contribution < 1.29 is 5.11 Å². The summed E-state index contributed by atoms with van der Waals surface area (Å²) < 4.78 is 1.17. The summed E-state index contributed by atoms with van der Waals surface area (Å²) in [6.45, 7) is 9.26. The van der Waals surface area contributed by atoms with Crippen LogP contribution in [0.1, 0.15) is 32.3 Å². The molecule has 1 atom stereocenters. The van der Waals surface area contributed by atoms with Crippen molar-refractivity contribution in [2.45, 2.75) is 33.6 Å². The standard InChI is InChI=1S/C16H24BrNO/c1-12-10-14(4-5-15(12)17)18-8-6-13(7-9-19)16(2,3)11-18/h4-5,10,13,19H,6-9,11H2,1-3H3. The largest absolute Gasteiger partial charge is 0.396 e. The fourth-order valence-corrected chi connectivity index (χ4v) is 3.39. The second-order valence-electron chi connectivity index (χ2n) is 6.34. The van der Waals surface area contributed by atoms with E-state index in [0.29, 0.717) is 12.5 Å². The molecule has 1 N–H and O–H groups in total. The summed E-state index contributed by atoms with van der Waals surface area (Å²) in [5.74, 6) is 0.630. The number of halogens is 1. The minimum Gasteiger partial charge on any atom is -0.396 e. The van der Waals surface area contributed by atoms with E-state index in [1.54, 1.807) is 0 Å².